The number of fused-ring (bicyclic) bond motifs is 1. The molecule has 3 aromatic rings. The topological polar surface area (TPSA) is 102 Å². The fraction of sp³-hybridized carbons (Fsp3) is 0.308. The van der Waals surface area contributed by atoms with E-state index in [-0.39, 0.29) is 17.0 Å². The highest BCUT2D eigenvalue weighted by atomic mass is 32.2. The van der Waals surface area contributed by atoms with Gasteiger partial charge < -0.3 is 14.8 Å². The zero-order valence-corrected chi connectivity index (χ0v) is 20.3. The third kappa shape index (κ3) is 5.80. The summed E-state index contributed by atoms with van der Waals surface area (Å²) in [4.78, 5) is 25.0. The van der Waals surface area contributed by atoms with Gasteiger partial charge in [-0.15, -0.1) is 0 Å². The molecule has 3 aromatic carbocycles. The van der Waals surface area contributed by atoms with Crippen LogP contribution in [0, 0.1) is 0 Å². The Balaban J connectivity index is 1.40. The van der Waals surface area contributed by atoms with E-state index in [1.807, 2.05) is 42.5 Å². The fourth-order valence-corrected chi connectivity index (χ4v) is 5.73. The van der Waals surface area contributed by atoms with Crippen LogP contribution in [0.4, 0.5) is 5.69 Å². The van der Waals surface area contributed by atoms with E-state index in [2.05, 4.69) is 5.32 Å². The number of esters is 1. The summed E-state index contributed by atoms with van der Waals surface area (Å²) in [7, 11) is -2.26. The van der Waals surface area contributed by atoms with Crippen molar-refractivity contribution in [2.45, 2.75) is 30.6 Å². The Hall–Kier alpha value is -3.43. The molecule has 0 bridgehead atoms. The molecule has 1 fully saturated rings. The summed E-state index contributed by atoms with van der Waals surface area (Å²) in [5.41, 5.74) is 1.01. The largest absolute Gasteiger partial charge is 0.495 e. The van der Waals surface area contributed by atoms with Gasteiger partial charge in [0.25, 0.3) is 5.91 Å². The van der Waals surface area contributed by atoms with Crippen LogP contribution in [-0.4, -0.2) is 51.4 Å². The molecule has 0 aromatic heterocycles. The lowest BCUT2D eigenvalue weighted by Crippen LogP contribution is -2.35. The van der Waals surface area contributed by atoms with Gasteiger partial charge in [-0.2, -0.15) is 4.31 Å². The number of piperidine rings is 1. The normalized spacial score (nSPS) is 14.4. The smallest absolute Gasteiger partial charge is 0.310 e. The molecule has 1 amide bonds. The molecule has 35 heavy (non-hydrogen) atoms. The number of amides is 1. The molecule has 4 rings (SSSR count). The van der Waals surface area contributed by atoms with Crippen LogP contribution in [0.25, 0.3) is 10.8 Å². The highest BCUT2D eigenvalue weighted by Crippen LogP contribution is 2.30. The Bertz CT molecular complexity index is 1330. The Morgan fingerprint density at radius 3 is 2.49 bits per heavy atom. The number of hydrogen-bond donors (Lipinski definition) is 1. The van der Waals surface area contributed by atoms with E-state index in [0.717, 1.165) is 35.6 Å². The average molecular weight is 497 g/mol. The van der Waals surface area contributed by atoms with E-state index in [9.17, 15) is 18.0 Å². The number of ether oxygens (including phenoxy) is 2. The molecular weight excluding hydrogens is 468 g/mol. The highest BCUT2D eigenvalue weighted by molar-refractivity contribution is 7.89. The molecule has 1 aliphatic heterocycles. The van der Waals surface area contributed by atoms with Crippen LogP contribution in [0.5, 0.6) is 5.75 Å². The van der Waals surface area contributed by atoms with E-state index in [1.54, 1.807) is 0 Å². The SMILES string of the molecule is COc1ccc(S(=O)(=O)N2CCCCC2)cc1NC(=O)COC(=O)Cc1cccc2ccccc12. The summed E-state index contributed by atoms with van der Waals surface area (Å²) >= 11 is 0. The zero-order valence-electron chi connectivity index (χ0n) is 19.5. The minimum Gasteiger partial charge on any atom is -0.495 e. The molecule has 0 saturated carbocycles. The molecule has 184 valence electrons. The minimum atomic E-state index is -3.68. The Kier molecular flexibility index (Phi) is 7.67. The lowest BCUT2D eigenvalue weighted by atomic mass is 10.0. The molecule has 1 N–H and O–H groups in total. The lowest BCUT2D eigenvalue weighted by Gasteiger charge is -2.26. The zero-order chi connectivity index (χ0) is 24.8. The maximum Gasteiger partial charge on any atom is 0.310 e. The number of hydrogen-bond acceptors (Lipinski definition) is 6. The third-order valence-electron chi connectivity index (χ3n) is 5.98. The van der Waals surface area contributed by atoms with E-state index < -0.39 is 28.5 Å². The van der Waals surface area contributed by atoms with Gasteiger partial charge in [0.2, 0.25) is 10.0 Å². The standard InChI is InChI=1S/C26H28N2O6S/c1-33-24-13-12-21(35(31,32)28-14-5-2-6-15-28)17-23(24)27-25(29)18-34-26(30)16-20-10-7-9-19-8-3-4-11-22(19)20/h3-4,7-13,17H,2,5-6,14-16,18H2,1H3,(H,27,29). The van der Waals surface area contributed by atoms with Crippen LogP contribution in [0.15, 0.2) is 65.6 Å². The van der Waals surface area contributed by atoms with Crippen molar-refractivity contribution in [1.82, 2.24) is 4.31 Å². The van der Waals surface area contributed by atoms with Crippen molar-refractivity contribution in [2.75, 3.05) is 32.1 Å². The second kappa shape index (κ2) is 10.9. The number of sulfonamides is 1. The van der Waals surface area contributed by atoms with E-state index in [4.69, 9.17) is 9.47 Å². The van der Waals surface area contributed by atoms with Gasteiger partial charge in [0.1, 0.15) is 5.75 Å². The van der Waals surface area contributed by atoms with E-state index in [0.29, 0.717) is 18.8 Å². The van der Waals surface area contributed by atoms with Crippen molar-refractivity contribution < 1.29 is 27.5 Å². The molecule has 1 heterocycles. The van der Waals surface area contributed by atoms with Crippen molar-refractivity contribution in [3.05, 3.63) is 66.2 Å². The first-order valence-corrected chi connectivity index (χ1v) is 12.9. The summed E-state index contributed by atoms with van der Waals surface area (Å²) in [6.07, 6.45) is 2.68. The Morgan fingerprint density at radius 1 is 0.971 bits per heavy atom. The number of anilines is 1. The number of methoxy groups -OCH3 is 1. The van der Waals surface area contributed by atoms with Crippen LogP contribution >= 0.6 is 0 Å². The van der Waals surface area contributed by atoms with E-state index >= 15 is 0 Å². The molecule has 8 nitrogen and oxygen atoms in total. The number of nitrogens with zero attached hydrogens (tertiary/aromatic N) is 1. The van der Waals surface area contributed by atoms with Crippen molar-refractivity contribution in [3.8, 4) is 5.75 Å². The summed E-state index contributed by atoms with van der Waals surface area (Å²) in [6, 6.07) is 17.7. The lowest BCUT2D eigenvalue weighted by molar-refractivity contribution is -0.146. The van der Waals surface area contributed by atoms with Crippen molar-refractivity contribution >= 4 is 38.4 Å². The minimum absolute atomic E-state index is 0.0293. The molecule has 0 unspecified atom stereocenters. The summed E-state index contributed by atoms with van der Waals surface area (Å²) in [5, 5.41) is 4.57. The van der Waals surface area contributed by atoms with Crippen LogP contribution in [0.1, 0.15) is 24.8 Å². The second-order valence-corrected chi connectivity index (χ2v) is 10.3. The summed E-state index contributed by atoms with van der Waals surface area (Å²) < 4.78 is 37.9. The molecule has 9 heteroatoms. The number of rotatable bonds is 8. The first-order valence-electron chi connectivity index (χ1n) is 11.5. The molecule has 0 spiro atoms. The third-order valence-corrected chi connectivity index (χ3v) is 7.87. The van der Waals surface area contributed by atoms with Crippen molar-refractivity contribution in [3.63, 3.8) is 0 Å². The molecule has 0 atom stereocenters. The van der Waals surface area contributed by atoms with Crippen LogP contribution in [-0.2, 0) is 30.8 Å². The number of benzene rings is 3. The Labute approximate surface area is 204 Å². The maximum absolute atomic E-state index is 13.0. The van der Waals surface area contributed by atoms with Gasteiger partial charge in [0, 0.05) is 13.1 Å². The number of carbonyl (C=O) groups is 2. The summed E-state index contributed by atoms with van der Waals surface area (Å²) in [5.74, 6) is -0.829. The quantitative estimate of drug-likeness (QED) is 0.477. The average Bonchev–Trinajstić information content (AvgIpc) is 2.88. The van der Waals surface area contributed by atoms with Gasteiger partial charge in [0.05, 0.1) is 24.1 Å². The van der Waals surface area contributed by atoms with E-state index in [1.165, 1.54) is 29.6 Å². The van der Waals surface area contributed by atoms with Crippen LogP contribution < -0.4 is 10.1 Å². The van der Waals surface area contributed by atoms with Gasteiger partial charge in [-0.05, 0) is 47.4 Å². The summed E-state index contributed by atoms with van der Waals surface area (Å²) in [6.45, 7) is 0.446. The highest BCUT2D eigenvalue weighted by Gasteiger charge is 2.27. The monoisotopic (exact) mass is 496 g/mol. The predicted molar refractivity (Wildman–Crippen MR) is 133 cm³/mol. The molecule has 1 aliphatic rings. The predicted octanol–water partition coefficient (Wildman–Crippen LogP) is 3.75. The van der Waals surface area contributed by atoms with Crippen LogP contribution in [0.3, 0.4) is 0 Å². The van der Waals surface area contributed by atoms with Gasteiger partial charge in [0.15, 0.2) is 6.61 Å². The molecular formula is C26H28N2O6S. The van der Waals surface area contributed by atoms with Gasteiger partial charge in [-0.3, -0.25) is 9.59 Å². The molecule has 1 saturated heterocycles. The van der Waals surface area contributed by atoms with Crippen molar-refractivity contribution in [2.24, 2.45) is 0 Å². The molecule has 0 aliphatic carbocycles. The van der Waals surface area contributed by atoms with Gasteiger partial charge >= 0.3 is 5.97 Å². The first-order chi connectivity index (χ1) is 16.9. The van der Waals surface area contributed by atoms with Gasteiger partial charge in [-0.25, -0.2) is 8.42 Å². The molecule has 0 radical (unpaired) electrons. The Morgan fingerprint density at radius 2 is 1.71 bits per heavy atom. The number of carbonyl (C=O) groups excluding carboxylic acids is 2. The maximum atomic E-state index is 13.0. The number of nitrogens with one attached hydrogen (secondary N) is 1. The fourth-order valence-electron chi connectivity index (χ4n) is 4.19. The van der Waals surface area contributed by atoms with Crippen molar-refractivity contribution in [1.29, 1.82) is 0 Å². The van der Waals surface area contributed by atoms with Gasteiger partial charge in [-0.1, -0.05) is 48.9 Å². The first kappa shape index (κ1) is 24.7. The second-order valence-electron chi connectivity index (χ2n) is 8.35. The van der Waals surface area contributed by atoms with Crippen LogP contribution in [0.2, 0.25) is 0 Å².